The molecule has 13 nitrogen and oxygen atoms in total. The summed E-state index contributed by atoms with van der Waals surface area (Å²) < 4.78 is 22.3. The summed E-state index contributed by atoms with van der Waals surface area (Å²) in [4.78, 5) is 15.7. The molecule has 1 aromatic heterocycles. The molecule has 0 saturated carbocycles. The first-order valence-corrected chi connectivity index (χ1v) is 16.1. The summed E-state index contributed by atoms with van der Waals surface area (Å²) in [7, 11) is 4.76. The van der Waals surface area contributed by atoms with E-state index in [0.29, 0.717) is 84.4 Å². The van der Waals surface area contributed by atoms with Gasteiger partial charge in [-0.25, -0.2) is 0 Å². The van der Waals surface area contributed by atoms with Gasteiger partial charge in [-0.3, -0.25) is 5.01 Å². The van der Waals surface area contributed by atoms with Gasteiger partial charge in [0, 0.05) is 41.8 Å². The number of ether oxygens (including phenoxy) is 4. The van der Waals surface area contributed by atoms with Crippen LogP contribution in [0.5, 0.6) is 17.2 Å². The predicted octanol–water partition coefficient (Wildman–Crippen LogP) is 5.54. The van der Waals surface area contributed by atoms with Gasteiger partial charge >= 0.3 is 0 Å². The normalized spacial score (nSPS) is 16.0. The zero-order valence-electron chi connectivity index (χ0n) is 26.7. The number of hydrazone groups is 1. The van der Waals surface area contributed by atoms with E-state index in [1.54, 1.807) is 27.4 Å². The lowest BCUT2D eigenvalue weighted by Gasteiger charge is -2.27. The van der Waals surface area contributed by atoms with Crippen LogP contribution in [0.15, 0.2) is 59.7 Å². The molecule has 252 valence electrons. The maximum Gasteiger partial charge on any atom is 0.233 e. The lowest BCUT2D eigenvalue weighted by Crippen LogP contribution is -2.37. The minimum absolute atomic E-state index is 0.0468. The standard InChI is InChI=1S/C33H36Cl2N8O5/c1-45-28-14-21(15-29(46-2)30(28)47-3)27-19-26(41-43(27)25-17-22(34)16-23(35)18-25)20-4-6-24(7-5-20)37-32-38-31(36-8-11-44)39-33(40-32)42-9-12-48-13-10-42/h4-7,14-18,27,44H,8-13,19H2,1-3H3,(H2,36,37,38,39,40). The molecule has 0 aliphatic carbocycles. The van der Waals surface area contributed by atoms with Crippen LogP contribution in [-0.2, 0) is 4.74 Å². The van der Waals surface area contributed by atoms with Crippen LogP contribution in [0, 0.1) is 0 Å². The highest BCUT2D eigenvalue weighted by molar-refractivity contribution is 6.35. The Balaban J connectivity index is 1.29. The molecule has 15 heteroatoms. The molecule has 6 rings (SSSR count). The van der Waals surface area contributed by atoms with Crippen LogP contribution in [0.3, 0.4) is 0 Å². The van der Waals surface area contributed by atoms with Gasteiger partial charge in [-0.1, -0.05) is 35.3 Å². The maximum absolute atomic E-state index is 9.30. The Hall–Kier alpha value is -4.56. The first kappa shape index (κ1) is 33.3. The largest absolute Gasteiger partial charge is 0.493 e. The molecule has 48 heavy (non-hydrogen) atoms. The van der Waals surface area contributed by atoms with E-state index < -0.39 is 0 Å². The molecule has 2 aliphatic heterocycles. The summed E-state index contributed by atoms with van der Waals surface area (Å²) >= 11 is 12.8. The topological polar surface area (TPSA) is 139 Å². The van der Waals surface area contributed by atoms with E-state index in [1.165, 1.54) is 0 Å². The van der Waals surface area contributed by atoms with Crippen molar-refractivity contribution in [3.63, 3.8) is 0 Å². The number of hydrogen-bond acceptors (Lipinski definition) is 13. The highest BCUT2D eigenvalue weighted by Crippen LogP contribution is 2.45. The maximum atomic E-state index is 9.30. The third-order valence-electron chi connectivity index (χ3n) is 7.88. The van der Waals surface area contributed by atoms with Gasteiger partial charge in [0.1, 0.15) is 0 Å². The summed E-state index contributed by atoms with van der Waals surface area (Å²) in [6, 6.07) is 16.9. The van der Waals surface area contributed by atoms with Crippen molar-refractivity contribution in [2.45, 2.75) is 12.5 Å². The summed E-state index contributed by atoms with van der Waals surface area (Å²) in [6.07, 6.45) is 0.575. The number of hydrogen-bond donors (Lipinski definition) is 3. The predicted molar refractivity (Wildman–Crippen MR) is 187 cm³/mol. The molecule has 4 aromatic rings. The number of aliphatic hydroxyl groups excluding tert-OH is 1. The van der Waals surface area contributed by atoms with Gasteiger partial charge in [0.15, 0.2) is 11.5 Å². The number of nitrogens with one attached hydrogen (secondary N) is 2. The second-order valence-corrected chi connectivity index (χ2v) is 11.8. The molecule has 0 bridgehead atoms. The fraction of sp³-hybridized carbons (Fsp3) is 0.333. The van der Waals surface area contributed by atoms with Crippen molar-refractivity contribution in [1.82, 2.24) is 15.0 Å². The number of methoxy groups -OCH3 is 3. The number of aliphatic hydroxyl groups is 1. The van der Waals surface area contributed by atoms with Crippen LogP contribution in [-0.4, -0.2) is 86.6 Å². The van der Waals surface area contributed by atoms with Crippen LogP contribution < -0.4 is 34.8 Å². The highest BCUT2D eigenvalue weighted by Gasteiger charge is 2.32. The van der Waals surface area contributed by atoms with Crippen molar-refractivity contribution < 1.29 is 24.1 Å². The first-order chi connectivity index (χ1) is 23.4. The zero-order chi connectivity index (χ0) is 33.6. The fourth-order valence-corrected chi connectivity index (χ4v) is 6.11. The van der Waals surface area contributed by atoms with Crippen LogP contribution >= 0.6 is 23.2 Å². The Morgan fingerprint density at radius 1 is 0.875 bits per heavy atom. The fourth-order valence-electron chi connectivity index (χ4n) is 5.60. The first-order valence-electron chi connectivity index (χ1n) is 15.3. The Morgan fingerprint density at radius 2 is 1.54 bits per heavy atom. The molecule has 3 heterocycles. The van der Waals surface area contributed by atoms with Crippen molar-refractivity contribution in [1.29, 1.82) is 0 Å². The van der Waals surface area contributed by atoms with Crippen molar-refractivity contribution in [2.24, 2.45) is 5.10 Å². The van der Waals surface area contributed by atoms with Gasteiger partial charge in [-0.05, 0) is 53.6 Å². The third-order valence-corrected chi connectivity index (χ3v) is 8.32. The second-order valence-electron chi connectivity index (χ2n) is 10.9. The van der Waals surface area contributed by atoms with Gasteiger partial charge in [-0.15, -0.1) is 0 Å². The zero-order valence-corrected chi connectivity index (χ0v) is 28.3. The van der Waals surface area contributed by atoms with E-state index in [9.17, 15) is 5.11 Å². The van der Waals surface area contributed by atoms with E-state index in [1.807, 2.05) is 58.4 Å². The van der Waals surface area contributed by atoms with Crippen LogP contribution in [0.4, 0.5) is 29.2 Å². The van der Waals surface area contributed by atoms with Crippen molar-refractivity contribution in [3.8, 4) is 17.2 Å². The van der Waals surface area contributed by atoms with Crippen molar-refractivity contribution >= 4 is 58.1 Å². The van der Waals surface area contributed by atoms with E-state index in [2.05, 4.69) is 25.6 Å². The summed E-state index contributed by atoms with van der Waals surface area (Å²) in [5.74, 6) is 2.89. The van der Waals surface area contributed by atoms with Crippen molar-refractivity contribution in [2.75, 3.05) is 81.3 Å². The molecule has 3 N–H and O–H groups in total. The van der Waals surface area contributed by atoms with E-state index in [-0.39, 0.29) is 12.6 Å². The van der Waals surface area contributed by atoms with Crippen molar-refractivity contribution in [3.05, 3.63) is 75.8 Å². The number of benzene rings is 3. The monoisotopic (exact) mass is 694 g/mol. The lowest BCUT2D eigenvalue weighted by molar-refractivity contribution is 0.122. The van der Waals surface area contributed by atoms with Gasteiger partial charge < -0.3 is 39.6 Å². The molecule has 3 aromatic carbocycles. The Kier molecular flexibility index (Phi) is 10.5. The molecule has 1 fully saturated rings. The van der Waals surface area contributed by atoms with Gasteiger partial charge in [0.2, 0.25) is 23.6 Å². The van der Waals surface area contributed by atoms with Gasteiger partial charge in [0.05, 0.1) is 58.6 Å². The molecule has 1 atom stereocenters. The van der Waals surface area contributed by atoms with E-state index >= 15 is 0 Å². The average molecular weight is 696 g/mol. The smallest absolute Gasteiger partial charge is 0.233 e. The van der Waals surface area contributed by atoms with Gasteiger partial charge in [0.25, 0.3) is 0 Å². The Morgan fingerprint density at radius 3 is 2.17 bits per heavy atom. The molecule has 1 unspecified atom stereocenters. The number of nitrogens with zero attached hydrogens (tertiary/aromatic N) is 6. The quantitative estimate of drug-likeness (QED) is 0.172. The lowest BCUT2D eigenvalue weighted by atomic mass is 9.97. The average Bonchev–Trinajstić information content (AvgIpc) is 3.56. The molecular formula is C33H36Cl2N8O5. The molecule has 0 amide bonds. The minimum Gasteiger partial charge on any atom is -0.493 e. The number of aromatic nitrogens is 3. The van der Waals surface area contributed by atoms with E-state index in [0.717, 1.165) is 28.2 Å². The number of rotatable bonds is 12. The Bertz CT molecular complexity index is 1730. The molecule has 1 saturated heterocycles. The number of halogens is 2. The molecule has 2 aliphatic rings. The molecular weight excluding hydrogens is 659 g/mol. The summed E-state index contributed by atoms with van der Waals surface area (Å²) in [5, 5.41) is 23.6. The summed E-state index contributed by atoms with van der Waals surface area (Å²) in [6.45, 7) is 2.82. The SMILES string of the molecule is COc1cc(C2CC(c3ccc(Nc4nc(NCCO)nc(N5CCOCC5)n4)cc3)=NN2c2cc(Cl)cc(Cl)c2)cc(OC)c1OC. The van der Waals surface area contributed by atoms with E-state index in [4.69, 9.17) is 47.3 Å². The summed E-state index contributed by atoms with van der Waals surface area (Å²) in [5.41, 5.74) is 4.24. The number of morpholine rings is 1. The highest BCUT2D eigenvalue weighted by atomic mass is 35.5. The Labute approximate surface area is 288 Å². The van der Waals surface area contributed by atoms with Crippen LogP contribution in [0.25, 0.3) is 0 Å². The van der Waals surface area contributed by atoms with Crippen LogP contribution in [0.2, 0.25) is 10.0 Å². The van der Waals surface area contributed by atoms with Gasteiger partial charge in [-0.2, -0.15) is 20.1 Å². The molecule has 0 spiro atoms. The minimum atomic E-state index is -0.227. The third kappa shape index (κ3) is 7.44. The second kappa shape index (κ2) is 15.1. The van der Waals surface area contributed by atoms with Crippen LogP contribution in [0.1, 0.15) is 23.6 Å². The number of anilines is 5. The molecule has 0 radical (unpaired) electrons.